The predicted molar refractivity (Wildman–Crippen MR) is 110 cm³/mol. The molecule has 1 rings (SSSR count). The van der Waals surface area contributed by atoms with Crippen molar-refractivity contribution < 1.29 is 0 Å². The Balaban J connectivity index is 3.09. The zero-order chi connectivity index (χ0) is 17.8. The van der Waals surface area contributed by atoms with Crippen molar-refractivity contribution in [2.24, 2.45) is 0 Å². The molecule has 0 heterocycles. The summed E-state index contributed by atoms with van der Waals surface area (Å²) in [6.07, 6.45) is 0. The maximum atomic E-state index is 3.80. The van der Waals surface area contributed by atoms with Crippen LogP contribution < -0.4 is 0 Å². The summed E-state index contributed by atoms with van der Waals surface area (Å²) in [6.45, 7) is 20.9. The highest BCUT2D eigenvalue weighted by Gasteiger charge is 2.41. The Morgan fingerprint density at radius 2 is 1.26 bits per heavy atom. The maximum Gasteiger partial charge on any atom is 0.146 e. The normalized spacial score (nSPS) is 12.7. The van der Waals surface area contributed by atoms with Gasteiger partial charge in [-0.05, 0) is 40.9 Å². The Bertz CT molecular complexity index is 528. The molecular weight excluding hydrogens is 312 g/mol. The van der Waals surface area contributed by atoms with E-state index in [0.29, 0.717) is 16.6 Å². The second-order valence-electron chi connectivity index (χ2n) is 8.39. The number of hydrogen-bond donors (Lipinski definition) is 0. The monoisotopic (exact) mass is 346 g/mol. The number of thioether (sulfide) groups is 1. The molecule has 0 nitrogen and oxygen atoms in total. The van der Waals surface area contributed by atoms with E-state index < -0.39 is 8.07 Å². The van der Waals surface area contributed by atoms with Crippen molar-refractivity contribution in [2.75, 3.05) is 0 Å². The van der Waals surface area contributed by atoms with Crippen molar-refractivity contribution in [1.29, 1.82) is 0 Å². The first-order valence-electron chi connectivity index (χ1n) is 8.81. The molecular formula is C21H34SSi. The van der Waals surface area contributed by atoms with Gasteiger partial charge in [0.2, 0.25) is 0 Å². The highest BCUT2D eigenvalue weighted by molar-refractivity contribution is 8.00. The highest BCUT2D eigenvalue weighted by Crippen LogP contribution is 2.40. The minimum absolute atomic E-state index is 0.252. The lowest BCUT2D eigenvalue weighted by Gasteiger charge is -2.38. The van der Waals surface area contributed by atoms with Crippen LogP contribution in [0.3, 0.4) is 0 Å². The highest BCUT2D eigenvalue weighted by atomic mass is 32.2. The third kappa shape index (κ3) is 5.43. The summed E-state index contributed by atoms with van der Waals surface area (Å²) < 4.78 is 0.252. The summed E-state index contributed by atoms with van der Waals surface area (Å²) in [5.41, 5.74) is 7.01. The summed E-state index contributed by atoms with van der Waals surface area (Å²) in [6, 6.07) is 8.79. The smallest absolute Gasteiger partial charge is 0.125 e. The predicted octanol–water partition coefficient (Wildman–Crippen LogP) is 7.15. The van der Waals surface area contributed by atoms with Gasteiger partial charge in [0.15, 0.2) is 0 Å². The van der Waals surface area contributed by atoms with Crippen LogP contribution in [0.2, 0.25) is 16.6 Å². The van der Waals surface area contributed by atoms with Crippen LogP contribution in [0.15, 0.2) is 29.2 Å². The molecule has 0 aromatic heterocycles. The number of hydrogen-bond acceptors (Lipinski definition) is 1. The van der Waals surface area contributed by atoms with Gasteiger partial charge in [0.25, 0.3) is 0 Å². The van der Waals surface area contributed by atoms with Crippen LogP contribution in [0.5, 0.6) is 0 Å². The van der Waals surface area contributed by atoms with Gasteiger partial charge in [0.05, 0.1) is 0 Å². The molecule has 1 aromatic rings. The first-order chi connectivity index (χ1) is 10.5. The van der Waals surface area contributed by atoms with Crippen LogP contribution in [-0.4, -0.2) is 12.8 Å². The summed E-state index contributed by atoms with van der Waals surface area (Å²) in [5, 5.41) is 0. The molecule has 0 saturated carbocycles. The molecule has 23 heavy (non-hydrogen) atoms. The van der Waals surface area contributed by atoms with E-state index in [9.17, 15) is 0 Å². The van der Waals surface area contributed by atoms with Crippen LogP contribution >= 0.6 is 11.8 Å². The Morgan fingerprint density at radius 3 is 1.61 bits per heavy atom. The second kappa shape index (κ2) is 7.95. The van der Waals surface area contributed by atoms with E-state index in [2.05, 4.69) is 98.0 Å². The van der Waals surface area contributed by atoms with Gasteiger partial charge in [-0.25, -0.2) is 0 Å². The molecule has 0 aliphatic rings. The molecule has 0 spiro atoms. The van der Waals surface area contributed by atoms with Gasteiger partial charge in [-0.2, -0.15) is 0 Å². The molecule has 0 saturated heterocycles. The van der Waals surface area contributed by atoms with E-state index >= 15 is 0 Å². The van der Waals surface area contributed by atoms with Gasteiger partial charge in [-0.15, -0.1) is 17.3 Å². The van der Waals surface area contributed by atoms with Crippen molar-refractivity contribution in [3.05, 3.63) is 29.8 Å². The number of benzene rings is 1. The molecule has 1 aromatic carbocycles. The Morgan fingerprint density at radius 1 is 0.826 bits per heavy atom. The zero-order valence-corrected chi connectivity index (χ0v) is 18.3. The van der Waals surface area contributed by atoms with Crippen LogP contribution in [0.25, 0.3) is 0 Å². The van der Waals surface area contributed by atoms with Gasteiger partial charge in [0.1, 0.15) is 8.07 Å². The quantitative estimate of drug-likeness (QED) is 0.317. The van der Waals surface area contributed by atoms with Gasteiger partial charge in [-0.3, -0.25) is 0 Å². The molecule has 0 unspecified atom stereocenters. The summed E-state index contributed by atoms with van der Waals surface area (Å²) in [5.74, 6) is 3.52. The van der Waals surface area contributed by atoms with Gasteiger partial charge in [-0.1, -0.05) is 68.2 Å². The first kappa shape index (κ1) is 20.4. The minimum Gasteiger partial charge on any atom is -0.125 e. The van der Waals surface area contributed by atoms with Gasteiger partial charge in [0, 0.05) is 15.2 Å². The summed E-state index contributed by atoms with van der Waals surface area (Å²) in [4.78, 5) is 1.32. The SMILES string of the molecule is CC(C)[Si](C#Cc1ccc(SC(C)(C)C)cc1)(C(C)C)C(C)C. The fourth-order valence-electron chi connectivity index (χ4n) is 3.57. The topological polar surface area (TPSA) is 0 Å². The van der Waals surface area contributed by atoms with E-state index in [1.807, 2.05) is 11.8 Å². The van der Waals surface area contributed by atoms with Crippen molar-refractivity contribution in [3.63, 3.8) is 0 Å². The van der Waals surface area contributed by atoms with Crippen LogP contribution in [0.1, 0.15) is 67.9 Å². The molecule has 0 fully saturated rings. The fourth-order valence-corrected chi connectivity index (χ4v) is 9.78. The average molecular weight is 347 g/mol. The van der Waals surface area contributed by atoms with E-state index in [1.54, 1.807) is 0 Å². The van der Waals surface area contributed by atoms with Crippen molar-refractivity contribution >= 4 is 19.8 Å². The van der Waals surface area contributed by atoms with E-state index in [1.165, 1.54) is 4.90 Å². The lowest BCUT2D eigenvalue weighted by atomic mass is 10.2. The van der Waals surface area contributed by atoms with E-state index in [4.69, 9.17) is 0 Å². The molecule has 0 radical (unpaired) electrons. The Labute approximate surface area is 149 Å². The van der Waals surface area contributed by atoms with Gasteiger partial charge >= 0.3 is 0 Å². The number of rotatable bonds is 4. The van der Waals surface area contributed by atoms with Crippen molar-refractivity contribution in [2.45, 2.75) is 88.6 Å². The molecule has 0 atom stereocenters. The van der Waals surface area contributed by atoms with Crippen LogP contribution in [-0.2, 0) is 0 Å². The second-order valence-corrected chi connectivity index (χ2v) is 15.9. The molecule has 0 aliphatic heterocycles. The maximum absolute atomic E-state index is 3.80. The van der Waals surface area contributed by atoms with Crippen LogP contribution in [0.4, 0.5) is 0 Å². The standard InChI is InChI=1S/C21H34SSi/c1-16(2)23(17(3)4,18(5)6)15-14-19-10-12-20(13-11-19)22-21(7,8)9/h10-13,16-18H,1-9H3. The fraction of sp³-hybridized carbons (Fsp3) is 0.619. The molecule has 128 valence electrons. The lowest BCUT2D eigenvalue weighted by molar-refractivity contribution is 0.803. The van der Waals surface area contributed by atoms with E-state index in [-0.39, 0.29) is 4.75 Å². The van der Waals surface area contributed by atoms with Crippen LogP contribution in [0, 0.1) is 11.5 Å². The molecule has 0 bridgehead atoms. The third-order valence-corrected chi connectivity index (χ3v) is 12.0. The molecule has 2 heteroatoms. The lowest BCUT2D eigenvalue weighted by Crippen LogP contribution is -2.43. The first-order valence-corrected chi connectivity index (χ1v) is 11.9. The Hall–Kier alpha value is -0.653. The molecule has 0 N–H and O–H groups in total. The van der Waals surface area contributed by atoms with E-state index in [0.717, 1.165) is 5.56 Å². The van der Waals surface area contributed by atoms with Crippen molar-refractivity contribution in [1.82, 2.24) is 0 Å². The largest absolute Gasteiger partial charge is 0.146 e. The van der Waals surface area contributed by atoms with Crippen molar-refractivity contribution in [3.8, 4) is 11.5 Å². The Kier molecular flexibility index (Phi) is 7.05. The van der Waals surface area contributed by atoms with Gasteiger partial charge < -0.3 is 0 Å². The third-order valence-electron chi connectivity index (χ3n) is 4.57. The summed E-state index contributed by atoms with van der Waals surface area (Å²) in [7, 11) is -1.63. The minimum atomic E-state index is -1.63. The summed E-state index contributed by atoms with van der Waals surface area (Å²) >= 11 is 1.91. The molecule has 0 amide bonds. The molecule has 0 aliphatic carbocycles. The average Bonchev–Trinajstić information content (AvgIpc) is 2.38. The zero-order valence-electron chi connectivity index (χ0n) is 16.4.